The minimum atomic E-state index is -0.514. The number of aromatic nitrogens is 2. The molecule has 0 radical (unpaired) electrons. The van der Waals surface area contributed by atoms with Crippen LogP contribution in [0, 0.1) is 5.41 Å². The lowest BCUT2D eigenvalue weighted by Gasteiger charge is -2.42. The molecule has 23 heavy (non-hydrogen) atoms. The lowest BCUT2D eigenvalue weighted by Crippen LogP contribution is -2.49. The van der Waals surface area contributed by atoms with Gasteiger partial charge in [-0.15, -0.1) is 0 Å². The van der Waals surface area contributed by atoms with Gasteiger partial charge >= 0.3 is 5.69 Å². The Balaban J connectivity index is 2.34. The zero-order chi connectivity index (χ0) is 17.2. The molecule has 1 amide bonds. The Bertz CT molecular complexity index is 702. The van der Waals surface area contributed by atoms with E-state index in [9.17, 15) is 19.5 Å². The summed E-state index contributed by atoms with van der Waals surface area (Å²) in [4.78, 5) is 38.3. The van der Waals surface area contributed by atoms with Crippen molar-refractivity contribution in [2.45, 2.75) is 32.6 Å². The van der Waals surface area contributed by atoms with E-state index < -0.39 is 11.2 Å². The molecule has 1 aliphatic heterocycles. The number of carbonyl (C=O) groups is 1. The van der Waals surface area contributed by atoms with Crippen LogP contribution in [0.2, 0.25) is 0 Å². The molecule has 1 aliphatic rings. The third-order valence-electron chi connectivity index (χ3n) is 4.81. The van der Waals surface area contributed by atoms with Gasteiger partial charge in [0, 0.05) is 38.7 Å². The number of hydrogen-bond acceptors (Lipinski definition) is 4. The molecular formula is C16H25N3O4. The zero-order valence-corrected chi connectivity index (χ0v) is 14.0. The first-order valence-corrected chi connectivity index (χ1v) is 8.02. The number of piperidine rings is 1. The highest BCUT2D eigenvalue weighted by molar-refractivity contribution is 5.92. The maximum Gasteiger partial charge on any atom is 0.331 e. The van der Waals surface area contributed by atoms with Crippen LogP contribution >= 0.6 is 0 Å². The van der Waals surface area contributed by atoms with E-state index in [1.165, 1.54) is 24.7 Å². The SMILES string of the molecule is CCC[C@]1(CO)CCCN(C(=O)c2cc(=O)n(C)c(=O)n2C)C1. The molecule has 0 bridgehead atoms. The molecule has 0 unspecified atom stereocenters. The first-order valence-electron chi connectivity index (χ1n) is 8.02. The van der Waals surface area contributed by atoms with Gasteiger partial charge in [0.2, 0.25) is 0 Å². The van der Waals surface area contributed by atoms with Crippen LogP contribution in [0.15, 0.2) is 15.7 Å². The maximum absolute atomic E-state index is 12.8. The van der Waals surface area contributed by atoms with Gasteiger partial charge in [0.15, 0.2) is 0 Å². The smallest absolute Gasteiger partial charge is 0.331 e. The van der Waals surface area contributed by atoms with Gasteiger partial charge in [-0.05, 0) is 19.3 Å². The van der Waals surface area contributed by atoms with Gasteiger partial charge in [0.1, 0.15) is 5.69 Å². The molecular weight excluding hydrogens is 298 g/mol. The highest BCUT2D eigenvalue weighted by Crippen LogP contribution is 2.34. The molecule has 0 spiro atoms. The molecule has 1 saturated heterocycles. The minimum absolute atomic E-state index is 0.0418. The van der Waals surface area contributed by atoms with E-state index >= 15 is 0 Å². The summed E-state index contributed by atoms with van der Waals surface area (Å²) in [5, 5.41) is 9.78. The van der Waals surface area contributed by atoms with Crippen molar-refractivity contribution >= 4 is 5.91 Å². The molecule has 1 aromatic heterocycles. The molecule has 2 heterocycles. The Morgan fingerprint density at radius 2 is 2.00 bits per heavy atom. The number of amides is 1. The average Bonchev–Trinajstić information content (AvgIpc) is 2.56. The van der Waals surface area contributed by atoms with Crippen molar-refractivity contribution in [1.29, 1.82) is 0 Å². The topological polar surface area (TPSA) is 84.5 Å². The quantitative estimate of drug-likeness (QED) is 0.851. The molecule has 128 valence electrons. The predicted molar refractivity (Wildman–Crippen MR) is 86.5 cm³/mol. The second-order valence-corrected chi connectivity index (χ2v) is 6.51. The normalized spacial score (nSPS) is 21.5. The van der Waals surface area contributed by atoms with Crippen LogP contribution in [0.4, 0.5) is 0 Å². The molecule has 7 heteroatoms. The number of hydrogen-bond donors (Lipinski definition) is 1. The van der Waals surface area contributed by atoms with Gasteiger partial charge in [-0.1, -0.05) is 13.3 Å². The van der Waals surface area contributed by atoms with Crippen molar-refractivity contribution in [1.82, 2.24) is 14.0 Å². The van der Waals surface area contributed by atoms with E-state index in [2.05, 4.69) is 6.92 Å². The van der Waals surface area contributed by atoms with Crippen molar-refractivity contribution in [2.75, 3.05) is 19.7 Å². The average molecular weight is 323 g/mol. The van der Waals surface area contributed by atoms with Crippen LogP contribution in [0.3, 0.4) is 0 Å². The molecule has 1 aromatic rings. The van der Waals surface area contributed by atoms with Crippen molar-refractivity contribution in [3.63, 3.8) is 0 Å². The largest absolute Gasteiger partial charge is 0.396 e. The van der Waals surface area contributed by atoms with E-state index in [-0.39, 0.29) is 23.6 Å². The van der Waals surface area contributed by atoms with Crippen LogP contribution in [-0.2, 0) is 14.1 Å². The van der Waals surface area contributed by atoms with Crippen molar-refractivity contribution < 1.29 is 9.90 Å². The summed E-state index contributed by atoms with van der Waals surface area (Å²) in [5.74, 6) is -0.323. The number of aliphatic hydroxyl groups is 1. The molecule has 0 saturated carbocycles. The third kappa shape index (κ3) is 3.24. The lowest BCUT2D eigenvalue weighted by atomic mass is 9.77. The Morgan fingerprint density at radius 3 is 2.61 bits per heavy atom. The van der Waals surface area contributed by atoms with Crippen molar-refractivity contribution in [2.24, 2.45) is 19.5 Å². The Hall–Kier alpha value is -1.89. The van der Waals surface area contributed by atoms with Gasteiger partial charge in [-0.3, -0.25) is 18.7 Å². The van der Waals surface area contributed by atoms with E-state index in [0.29, 0.717) is 13.1 Å². The van der Waals surface area contributed by atoms with Gasteiger partial charge in [0.25, 0.3) is 11.5 Å². The van der Waals surface area contributed by atoms with E-state index in [0.717, 1.165) is 30.3 Å². The highest BCUT2D eigenvalue weighted by Gasteiger charge is 2.36. The Labute approximate surface area is 135 Å². The summed E-state index contributed by atoms with van der Waals surface area (Å²) >= 11 is 0. The van der Waals surface area contributed by atoms with Gasteiger partial charge < -0.3 is 10.0 Å². The molecule has 1 atom stereocenters. The maximum atomic E-state index is 12.8. The van der Waals surface area contributed by atoms with E-state index in [1.54, 1.807) is 4.90 Å². The fraction of sp³-hybridized carbons (Fsp3) is 0.688. The second-order valence-electron chi connectivity index (χ2n) is 6.51. The fourth-order valence-electron chi connectivity index (χ4n) is 3.42. The van der Waals surface area contributed by atoms with Crippen LogP contribution in [-0.4, -0.2) is 44.7 Å². The van der Waals surface area contributed by atoms with Crippen LogP contribution in [0.25, 0.3) is 0 Å². The van der Waals surface area contributed by atoms with Crippen LogP contribution in [0.5, 0.6) is 0 Å². The molecule has 1 N–H and O–H groups in total. The summed E-state index contributed by atoms with van der Waals surface area (Å²) in [6, 6.07) is 1.21. The molecule has 1 fully saturated rings. The molecule has 2 rings (SSSR count). The van der Waals surface area contributed by atoms with Gasteiger partial charge in [0.05, 0.1) is 6.61 Å². The first kappa shape index (κ1) is 17.5. The Morgan fingerprint density at radius 1 is 1.30 bits per heavy atom. The molecule has 0 aliphatic carbocycles. The summed E-state index contributed by atoms with van der Waals surface area (Å²) < 4.78 is 2.18. The zero-order valence-electron chi connectivity index (χ0n) is 14.0. The van der Waals surface area contributed by atoms with E-state index in [1.807, 2.05) is 0 Å². The summed E-state index contributed by atoms with van der Waals surface area (Å²) in [7, 11) is 2.88. The second kappa shape index (κ2) is 6.70. The van der Waals surface area contributed by atoms with Crippen molar-refractivity contribution in [3.05, 3.63) is 32.6 Å². The molecule has 0 aromatic carbocycles. The number of rotatable bonds is 4. The lowest BCUT2D eigenvalue weighted by molar-refractivity contribution is 0.0216. The number of carbonyl (C=O) groups excluding carboxylic acids is 1. The Kier molecular flexibility index (Phi) is 5.09. The van der Waals surface area contributed by atoms with Crippen molar-refractivity contribution in [3.8, 4) is 0 Å². The summed E-state index contributed by atoms with van der Waals surface area (Å²) in [6.45, 7) is 3.14. The minimum Gasteiger partial charge on any atom is -0.396 e. The standard InChI is InChI=1S/C16H25N3O4/c1-4-6-16(11-20)7-5-8-19(10-16)14(22)12-9-13(21)18(3)15(23)17(12)2/h9,20H,4-8,10-11H2,1-3H3/t16-/m0/s1. The summed E-state index contributed by atoms with van der Waals surface area (Å²) in [6.07, 6.45) is 3.48. The first-order chi connectivity index (χ1) is 10.8. The van der Waals surface area contributed by atoms with Crippen LogP contribution in [0.1, 0.15) is 43.1 Å². The van der Waals surface area contributed by atoms with Gasteiger partial charge in [-0.25, -0.2) is 4.79 Å². The monoisotopic (exact) mass is 323 g/mol. The van der Waals surface area contributed by atoms with Crippen LogP contribution < -0.4 is 11.2 Å². The fourth-order valence-corrected chi connectivity index (χ4v) is 3.42. The third-order valence-corrected chi connectivity index (χ3v) is 4.81. The summed E-state index contributed by atoms with van der Waals surface area (Å²) in [5.41, 5.74) is -1.18. The van der Waals surface area contributed by atoms with Gasteiger partial charge in [-0.2, -0.15) is 0 Å². The number of likely N-dealkylation sites (tertiary alicyclic amines) is 1. The molecule has 7 nitrogen and oxygen atoms in total. The predicted octanol–water partition coefficient (Wildman–Crippen LogP) is 0.0988. The van der Waals surface area contributed by atoms with E-state index in [4.69, 9.17) is 0 Å². The number of aliphatic hydroxyl groups excluding tert-OH is 1. The highest BCUT2D eigenvalue weighted by atomic mass is 16.3. The number of nitrogens with zero attached hydrogens (tertiary/aromatic N) is 3.